The molecule has 0 saturated carbocycles. The van der Waals surface area contributed by atoms with Crippen molar-refractivity contribution in [3.63, 3.8) is 0 Å². The number of rotatable bonds is 9. The summed E-state index contributed by atoms with van der Waals surface area (Å²) in [6, 6.07) is 19.3. The van der Waals surface area contributed by atoms with Gasteiger partial charge in [0.05, 0.1) is 18.3 Å². The van der Waals surface area contributed by atoms with Crippen LogP contribution in [-0.4, -0.2) is 40.2 Å². The first-order valence-corrected chi connectivity index (χ1v) is 13.5. The van der Waals surface area contributed by atoms with Crippen molar-refractivity contribution in [2.45, 2.75) is 31.9 Å². The second kappa shape index (κ2) is 11.6. The number of nitrogens with zero attached hydrogens (tertiary/aromatic N) is 2. The van der Waals surface area contributed by atoms with E-state index in [0.29, 0.717) is 18.6 Å². The van der Waals surface area contributed by atoms with E-state index in [0.717, 1.165) is 32.8 Å². The number of nitrogens with one attached hydrogen (secondary N) is 3. The fourth-order valence-electron chi connectivity index (χ4n) is 4.24. The highest BCUT2D eigenvalue weighted by Gasteiger charge is 2.31. The van der Waals surface area contributed by atoms with Gasteiger partial charge in [0.1, 0.15) is 0 Å². The molecule has 4 aromatic rings. The van der Waals surface area contributed by atoms with Gasteiger partial charge in [0.15, 0.2) is 6.10 Å². The SMILES string of the molecule is CC(NC(=O)c1ccccc1CCC(=O)NNC(=O)C1CO1)c1cc(-c2ccn(C)n2)cc(-c2cccs2)c1. The van der Waals surface area contributed by atoms with Gasteiger partial charge in [0, 0.05) is 35.7 Å². The second-order valence-corrected chi connectivity index (χ2v) is 10.4. The van der Waals surface area contributed by atoms with Crippen LogP contribution in [0.15, 0.2) is 72.2 Å². The lowest BCUT2D eigenvalue weighted by molar-refractivity contribution is -0.129. The van der Waals surface area contributed by atoms with E-state index in [2.05, 4.69) is 45.5 Å². The molecular weight excluding hydrogens is 514 g/mol. The van der Waals surface area contributed by atoms with E-state index < -0.39 is 6.10 Å². The third-order valence-electron chi connectivity index (χ3n) is 6.45. The lowest BCUT2D eigenvalue weighted by Gasteiger charge is -2.18. The molecule has 2 unspecified atom stereocenters. The normalized spacial score (nSPS) is 14.9. The first-order valence-electron chi connectivity index (χ1n) is 12.7. The van der Waals surface area contributed by atoms with Gasteiger partial charge in [0.2, 0.25) is 5.91 Å². The largest absolute Gasteiger partial charge is 0.363 e. The van der Waals surface area contributed by atoms with Gasteiger partial charge in [0.25, 0.3) is 11.8 Å². The van der Waals surface area contributed by atoms with Gasteiger partial charge >= 0.3 is 0 Å². The van der Waals surface area contributed by atoms with Crippen molar-refractivity contribution in [3.05, 3.63) is 88.9 Å². The molecule has 2 atom stereocenters. The number of carbonyl (C=O) groups excluding carboxylic acids is 3. The molecule has 39 heavy (non-hydrogen) atoms. The zero-order valence-electron chi connectivity index (χ0n) is 21.6. The molecule has 9 nitrogen and oxygen atoms in total. The van der Waals surface area contributed by atoms with Crippen LogP contribution in [-0.2, 0) is 27.8 Å². The number of hydrogen-bond donors (Lipinski definition) is 3. The van der Waals surface area contributed by atoms with Crippen molar-refractivity contribution in [2.75, 3.05) is 6.61 Å². The average molecular weight is 544 g/mol. The number of amides is 3. The first-order chi connectivity index (χ1) is 18.9. The van der Waals surface area contributed by atoms with E-state index in [-0.39, 0.29) is 30.2 Å². The monoisotopic (exact) mass is 543 g/mol. The average Bonchev–Trinajstić information content (AvgIpc) is 3.46. The Hall–Kier alpha value is -4.28. The third kappa shape index (κ3) is 6.60. The predicted octanol–water partition coefficient (Wildman–Crippen LogP) is 3.79. The van der Waals surface area contributed by atoms with Gasteiger partial charge in [-0.15, -0.1) is 11.3 Å². The Kier molecular flexibility index (Phi) is 7.85. The topological polar surface area (TPSA) is 118 Å². The molecule has 2 aromatic heterocycles. The number of aryl methyl sites for hydroxylation is 2. The van der Waals surface area contributed by atoms with Crippen LogP contribution in [0, 0.1) is 0 Å². The molecule has 1 aliphatic heterocycles. The molecule has 2 aromatic carbocycles. The summed E-state index contributed by atoms with van der Waals surface area (Å²) >= 11 is 1.66. The Balaban J connectivity index is 1.29. The summed E-state index contributed by atoms with van der Waals surface area (Å²) < 4.78 is 6.65. The van der Waals surface area contributed by atoms with Gasteiger partial charge in [-0.05, 0) is 71.8 Å². The van der Waals surface area contributed by atoms with Crippen LogP contribution in [0.5, 0.6) is 0 Å². The summed E-state index contributed by atoms with van der Waals surface area (Å²) in [5, 5.41) is 9.73. The second-order valence-electron chi connectivity index (χ2n) is 9.41. The molecule has 0 spiro atoms. The standard InChI is InChI=1S/C29H29N5O4S/c1-18(20-14-21(24-11-12-34(2)33-24)16-22(15-20)26-8-5-13-39-26)30-28(36)23-7-4-3-6-19(23)9-10-27(35)31-32-29(37)25-17-38-25/h3-8,11-16,18,25H,9-10,17H2,1-2H3,(H,30,36)(H,31,35)(H,32,37). The Morgan fingerprint density at radius 1 is 1.08 bits per heavy atom. The minimum atomic E-state index is -0.484. The zero-order valence-corrected chi connectivity index (χ0v) is 22.5. The smallest absolute Gasteiger partial charge is 0.269 e. The number of benzene rings is 2. The maximum absolute atomic E-state index is 13.4. The van der Waals surface area contributed by atoms with Crippen LogP contribution >= 0.6 is 11.3 Å². The number of aromatic nitrogens is 2. The molecule has 0 bridgehead atoms. The molecule has 0 aliphatic carbocycles. The Labute approximate surface area is 230 Å². The summed E-state index contributed by atoms with van der Waals surface area (Å²) in [5.74, 6) is -0.940. The minimum absolute atomic E-state index is 0.113. The molecule has 200 valence electrons. The fourth-order valence-corrected chi connectivity index (χ4v) is 4.96. The van der Waals surface area contributed by atoms with Gasteiger partial charge in [-0.3, -0.25) is 29.9 Å². The van der Waals surface area contributed by atoms with Crippen molar-refractivity contribution in [3.8, 4) is 21.7 Å². The van der Waals surface area contributed by atoms with Crippen molar-refractivity contribution in [1.29, 1.82) is 0 Å². The maximum atomic E-state index is 13.4. The van der Waals surface area contributed by atoms with Gasteiger partial charge in [-0.2, -0.15) is 5.10 Å². The molecule has 1 aliphatic rings. The number of epoxide rings is 1. The van der Waals surface area contributed by atoms with Gasteiger partial charge in [-0.1, -0.05) is 24.3 Å². The van der Waals surface area contributed by atoms with E-state index in [4.69, 9.17) is 4.74 Å². The Morgan fingerprint density at radius 3 is 2.59 bits per heavy atom. The highest BCUT2D eigenvalue weighted by Crippen LogP contribution is 2.32. The number of ether oxygens (including phenoxy) is 1. The van der Waals surface area contributed by atoms with Crippen LogP contribution in [0.25, 0.3) is 21.7 Å². The summed E-state index contributed by atoms with van der Waals surface area (Å²) in [6.07, 6.45) is 1.88. The van der Waals surface area contributed by atoms with Crippen LogP contribution in [0.2, 0.25) is 0 Å². The quantitative estimate of drug-likeness (QED) is 0.219. The van der Waals surface area contributed by atoms with Crippen molar-refractivity contribution >= 4 is 29.1 Å². The van der Waals surface area contributed by atoms with E-state index in [1.807, 2.05) is 49.8 Å². The van der Waals surface area contributed by atoms with Gasteiger partial charge in [-0.25, -0.2) is 0 Å². The van der Waals surface area contributed by atoms with Crippen molar-refractivity contribution in [2.24, 2.45) is 7.05 Å². The van der Waals surface area contributed by atoms with Crippen LogP contribution in [0.3, 0.4) is 0 Å². The zero-order chi connectivity index (χ0) is 27.4. The molecular formula is C29H29N5O4S. The molecule has 1 fully saturated rings. The van der Waals surface area contributed by atoms with E-state index >= 15 is 0 Å². The Bertz CT molecular complexity index is 1490. The number of thiophene rings is 1. The molecule has 10 heteroatoms. The molecule has 0 radical (unpaired) electrons. The lowest BCUT2D eigenvalue weighted by Crippen LogP contribution is -2.43. The van der Waals surface area contributed by atoms with E-state index in [1.54, 1.807) is 28.2 Å². The number of hydrazine groups is 1. The summed E-state index contributed by atoms with van der Waals surface area (Å²) in [4.78, 5) is 38.3. The van der Waals surface area contributed by atoms with Crippen molar-refractivity contribution in [1.82, 2.24) is 25.9 Å². The van der Waals surface area contributed by atoms with Crippen LogP contribution < -0.4 is 16.2 Å². The molecule has 1 saturated heterocycles. The molecule has 5 rings (SSSR count). The van der Waals surface area contributed by atoms with Crippen LogP contribution in [0.4, 0.5) is 0 Å². The molecule has 3 amide bonds. The first kappa shape index (κ1) is 26.3. The number of hydrogen-bond acceptors (Lipinski definition) is 6. The summed E-state index contributed by atoms with van der Waals surface area (Å²) in [6.45, 7) is 2.32. The lowest BCUT2D eigenvalue weighted by atomic mass is 9.97. The highest BCUT2D eigenvalue weighted by atomic mass is 32.1. The summed E-state index contributed by atoms with van der Waals surface area (Å²) in [7, 11) is 1.89. The fraction of sp³-hybridized carbons (Fsp3) is 0.241. The van der Waals surface area contributed by atoms with Crippen molar-refractivity contribution < 1.29 is 19.1 Å². The van der Waals surface area contributed by atoms with Crippen LogP contribution in [0.1, 0.15) is 40.9 Å². The highest BCUT2D eigenvalue weighted by molar-refractivity contribution is 7.13. The third-order valence-corrected chi connectivity index (χ3v) is 7.37. The number of carbonyl (C=O) groups is 3. The summed E-state index contributed by atoms with van der Waals surface area (Å²) in [5.41, 5.74) is 9.85. The molecule has 3 heterocycles. The Morgan fingerprint density at radius 2 is 1.87 bits per heavy atom. The molecule has 3 N–H and O–H groups in total. The van der Waals surface area contributed by atoms with E-state index in [1.165, 1.54) is 0 Å². The van der Waals surface area contributed by atoms with E-state index in [9.17, 15) is 14.4 Å². The predicted molar refractivity (Wildman–Crippen MR) is 149 cm³/mol. The van der Waals surface area contributed by atoms with Gasteiger partial charge < -0.3 is 10.1 Å². The maximum Gasteiger partial charge on any atom is 0.269 e. The minimum Gasteiger partial charge on any atom is -0.363 e.